The van der Waals surface area contributed by atoms with Crippen LogP contribution in [0.3, 0.4) is 0 Å². The van der Waals surface area contributed by atoms with Crippen molar-refractivity contribution in [1.29, 1.82) is 0 Å². The maximum Gasteiger partial charge on any atom is 0.256 e. The van der Waals surface area contributed by atoms with Gasteiger partial charge in [0, 0.05) is 11.6 Å². The van der Waals surface area contributed by atoms with Gasteiger partial charge in [-0.25, -0.2) is 0 Å². The summed E-state index contributed by atoms with van der Waals surface area (Å²) < 4.78 is 5.54. The van der Waals surface area contributed by atoms with Gasteiger partial charge in [0.25, 0.3) is 5.91 Å². The van der Waals surface area contributed by atoms with Gasteiger partial charge in [-0.15, -0.1) is 0 Å². The lowest BCUT2D eigenvalue weighted by molar-refractivity contribution is -0.117. The van der Waals surface area contributed by atoms with E-state index < -0.39 is 5.54 Å². The van der Waals surface area contributed by atoms with Crippen molar-refractivity contribution in [3.8, 4) is 11.1 Å². The van der Waals surface area contributed by atoms with Crippen LogP contribution in [0.4, 0.5) is 0 Å². The number of carbonyl (C=O) groups excluding carboxylic acids is 1. The van der Waals surface area contributed by atoms with Crippen LogP contribution in [-0.2, 0) is 9.53 Å². The lowest BCUT2D eigenvalue weighted by Gasteiger charge is -2.33. The van der Waals surface area contributed by atoms with Crippen LogP contribution in [0, 0.1) is 13.8 Å². The number of hydrogen-bond acceptors (Lipinski definition) is 3. The largest absolute Gasteiger partial charge is 0.509 e. The van der Waals surface area contributed by atoms with Crippen molar-refractivity contribution in [2.75, 3.05) is 13.2 Å². The first kappa shape index (κ1) is 18.1. The van der Waals surface area contributed by atoms with E-state index in [2.05, 4.69) is 11.4 Å². The molecule has 2 aromatic rings. The molecule has 1 saturated heterocycles. The molecule has 0 bridgehead atoms. The Hall–Kier alpha value is -2.30. The quantitative estimate of drug-likeness (QED) is 0.798. The van der Waals surface area contributed by atoms with Gasteiger partial charge in [0.05, 0.1) is 12.2 Å². The van der Waals surface area contributed by atoms with Crippen molar-refractivity contribution in [3.63, 3.8) is 0 Å². The molecule has 1 amide bonds. The number of carbonyl (C=O) groups is 1. The van der Waals surface area contributed by atoms with Crippen LogP contribution >= 0.6 is 11.6 Å². The van der Waals surface area contributed by atoms with Gasteiger partial charge in [-0.2, -0.15) is 0 Å². The molecule has 4 rings (SSSR count). The average Bonchev–Trinajstić information content (AvgIpc) is 2.87. The van der Waals surface area contributed by atoms with Gasteiger partial charge in [0.2, 0.25) is 0 Å². The molecule has 5 heteroatoms. The molecule has 2 aromatic carbocycles. The van der Waals surface area contributed by atoms with Crippen molar-refractivity contribution in [2.45, 2.75) is 32.2 Å². The first-order chi connectivity index (χ1) is 12.9. The van der Waals surface area contributed by atoms with Crippen LogP contribution in [0.1, 0.15) is 29.5 Å². The van der Waals surface area contributed by atoms with Gasteiger partial charge in [0.1, 0.15) is 11.3 Å². The molecule has 1 atom stereocenters. The summed E-state index contributed by atoms with van der Waals surface area (Å²) in [6.45, 7) is 4.97. The highest BCUT2D eigenvalue weighted by Gasteiger charge is 2.47. The lowest BCUT2D eigenvalue weighted by Crippen LogP contribution is -2.50. The van der Waals surface area contributed by atoms with Crippen LogP contribution in [0.25, 0.3) is 16.7 Å². The third-order valence-electron chi connectivity index (χ3n) is 5.51. The standard InChI is InChI=1S/C22H22ClNO3/c1-13-10-14(2)18(11-17(13)15-4-6-16(23)7-5-15)19-20(25)22(24-21(19)26)8-3-9-27-12-22/h4-7,10-11,25H,3,8-9,12H2,1-2H3,(H,24,26). The fraction of sp³-hybridized carbons (Fsp3) is 0.318. The SMILES string of the molecule is Cc1cc(C)c(-c2ccc(Cl)cc2)cc1C1=C(O)C2(CCCOC2)NC1=O. The zero-order valence-electron chi connectivity index (χ0n) is 15.4. The zero-order chi connectivity index (χ0) is 19.2. The molecule has 140 valence electrons. The number of aliphatic hydroxyl groups is 1. The summed E-state index contributed by atoms with van der Waals surface area (Å²) in [5, 5.41) is 14.6. The van der Waals surface area contributed by atoms with Crippen molar-refractivity contribution >= 4 is 23.1 Å². The number of nitrogens with one attached hydrogen (secondary N) is 1. The molecule has 2 N–H and O–H groups in total. The smallest absolute Gasteiger partial charge is 0.256 e. The highest BCUT2D eigenvalue weighted by Crippen LogP contribution is 2.39. The van der Waals surface area contributed by atoms with E-state index >= 15 is 0 Å². The van der Waals surface area contributed by atoms with E-state index in [-0.39, 0.29) is 11.7 Å². The summed E-state index contributed by atoms with van der Waals surface area (Å²) >= 11 is 6.01. The average molecular weight is 384 g/mol. The predicted octanol–water partition coefficient (Wildman–Crippen LogP) is 4.57. The Morgan fingerprint density at radius 1 is 1.11 bits per heavy atom. The van der Waals surface area contributed by atoms with Crippen LogP contribution < -0.4 is 5.32 Å². The van der Waals surface area contributed by atoms with Gasteiger partial charge >= 0.3 is 0 Å². The first-order valence-corrected chi connectivity index (χ1v) is 9.51. The minimum Gasteiger partial charge on any atom is -0.509 e. The number of aryl methyl sites for hydroxylation is 2. The Labute approximate surface area is 163 Å². The molecule has 0 aliphatic carbocycles. The summed E-state index contributed by atoms with van der Waals surface area (Å²) in [4.78, 5) is 12.8. The van der Waals surface area contributed by atoms with Crippen LogP contribution in [-0.4, -0.2) is 29.8 Å². The van der Waals surface area contributed by atoms with Crippen molar-refractivity contribution < 1.29 is 14.6 Å². The third kappa shape index (κ3) is 3.03. The molecule has 1 unspecified atom stereocenters. The minimum absolute atomic E-state index is 0.0983. The number of benzene rings is 2. The predicted molar refractivity (Wildman–Crippen MR) is 107 cm³/mol. The van der Waals surface area contributed by atoms with E-state index in [1.165, 1.54) is 0 Å². The molecule has 27 heavy (non-hydrogen) atoms. The molecule has 2 aliphatic rings. The number of rotatable bonds is 2. The van der Waals surface area contributed by atoms with E-state index in [9.17, 15) is 9.90 Å². The maximum absolute atomic E-state index is 12.8. The summed E-state index contributed by atoms with van der Waals surface area (Å²) in [6, 6.07) is 11.7. The second-order valence-corrected chi connectivity index (χ2v) is 7.84. The molecule has 0 saturated carbocycles. The fourth-order valence-electron chi connectivity index (χ4n) is 4.08. The van der Waals surface area contributed by atoms with Crippen molar-refractivity contribution in [1.82, 2.24) is 5.32 Å². The van der Waals surface area contributed by atoms with Crippen LogP contribution in [0.5, 0.6) is 0 Å². The second-order valence-electron chi connectivity index (χ2n) is 7.40. The van der Waals surface area contributed by atoms with E-state index in [1.54, 1.807) is 0 Å². The highest BCUT2D eigenvalue weighted by molar-refractivity contribution is 6.30. The zero-order valence-corrected chi connectivity index (χ0v) is 16.2. The Morgan fingerprint density at radius 3 is 2.48 bits per heavy atom. The Bertz CT molecular complexity index is 941. The van der Waals surface area contributed by atoms with E-state index in [0.717, 1.165) is 34.2 Å². The molecule has 1 spiro atoms. The molecule has 0 aromatic heterocycles. The van der Waals surface area contributed by atoms with Gasteiger partial charge < -0.3 is 15.2 Å². The number of aliphatic hydroxyl groups excluding tert-OH is 1. The van der Waals surface area contributed by atoms with E-state index in [0.29, 0.717) is 30.2 Å². The topological polar surface area (TPSA) is 58.6 Å². The van der Waals surface area contributed by atoms with Crippen molar-refractivity contribution in [2.24, 2.45) is 0 Å². The molecule has 0 radical (unpaired) electrons. The number of amides is 1. The molecular formula is C22H22ClNO3. The Morgan fingerprint density at radius 2 is 1.81 bits per heavy atom. The number of hydrogen-bond donors (Lipinski definition) is 2. The molecular weight excluding hydrogens is 362 g/mol. The van der Waals surface area contributed by atoms with Crippen molar-refractivity contribution in [3.05, 3.63) is 63.9 Å². The molecule has 2 heterocycles. The summed E-state index contributed by atoms with van der Waals surface area (Å²) in [6.07, 6.45) is 1.49. The van der Waals surface area contributed by atoms with Crippen LogP contribution in [0.15, 0.2) is 42.2 Å². The molecule has 2 aliphatic heterocycles. The van der Waals surface area contributed by atoms with E-state index in [1.807, 2.05) is 44.2 Å². The van der Waals surface area contributed by atoms with E-state index in [4.69, 9.17) is 16.3 Å². The summed E-state index contributed by atoms with van der Waals surface area (Å²) in [7, 11) is 0. The van der Waals surface area contributed by atoms with Gasteiger partial charge in [-0.1, -0.05) is 29.8 Å². The highest BCUT2D eigenvalue weighted by atomic mass is 35.5. The first-order valence-electron chi connectivity index (χ1n) is 9.13. The Balaban J connectivity index is 1.85. The fourth-order valence-corrected chi connectivity index (χ4v) is 4.20. The van der Waals surface area contributed by atoms with Gasteiger partial charge in [-0.3, -0.25) is 4.79 Å². The second kappa shape index (κ2) is 6.70. The lowest BCUT2D eigenvalue weighted by atomic mass is 9.87. The number of ether oxygens (including phenoxy) is 1. The van der Waals surface area contributed by atoms with Gasteiger partial charge in [-0.05, 0) is 72.7 Å². The summed E-state index contributed by atoms with van der Waals surface area (Å²) in [5.41, 5.74) is 4.41. The normalized spacial score (nSPS) is 22.4. The minimum atomic E-state index is -0.789. The summed E-state index contributed by atoms with van der Waals surface area (Å²) in [5.74, 6) is -0.145. The monoisotopic (exact) mass is 383 g/mol. The van der Waals surface area contributed by atoms with Crippen LogP contribution in [0.2, 0.25) is 5.02 Å². The Kier molecular flexibility index (Phi) is 4.49. The maximum atomic E-state index is 12.8. The molecule has 1 fully saturated rings. The number of halogens is 1. The molecule has 4 nitrogen and oxygen atoms in total. The third-order valence-corrected chi connectivity index (χ3v) is 5.76. The van der Waals surface area contributed by atoms with Gasteiger partial charge in [0.15, 0.2) is 0 Å².